The smallest absolute Gasteiger partial charge is 0.283 e. The Hall–Kier alpha value is -3.97. The van der Waals surface area contributed by atoms with Crippen molar-refractivity contribution < 1.29 is 18.8 Å². The molecule has 8 heteroatoms. The monoisotopic (exact) mass is 435 g/mol. The second-order valence-corrected chi connectivity index (χ2v) is 7.01. The van der Waals surface area contributed by atoms with E-state index in [4.69, 9.17) is 11.6 Å². The zero-order chi connectivity index (χ0) is 22.0. The molecule has 3 aromatic rings. The number of imide groups is 1. The topological polar surface area (TPSA) is 78.5 Å². The van der Waals surface area contributed by atoms with Crippen LogP contribution in [0.4, 0.5) is 21.5 Å². The van der Waals surface area contributed by atoms with E-state index < -0.39 is 17.6 Å². The molecule has 1 aliphatic heterocycles. The van der Waals surface area contributed by atoms with Gasteiger partial charge in [-0.15, -0.1) is 0 Å². The summed E-state index contributed by atoms with van der Waals surface area (Å²) in [6, 6.07) is 20.1. The average Bonchev–Trinajstić information content (AvgIpc) is 2.99. The summed E-state index contributed by atoms with van der Waals surface area (Å²) < 4.78 is 13.0. The number of carbonyl (C=O) groups excluding carboxylic acids is 3. The van der Waals surface area contributed by atoms with Crippen LogP contribution in [0.2, 0.25) is 0 Å². The normalized spacial score (nSPS) is 13.5. The molecule has 1 heterocycles. The van der Waals surface area contributed by atoms with E-state index in [2.05, 4.69) is 10.6 Å². The quantitative estimate of drug-likeness (QED) is 0.578. The van der Waals surface area contributed by atoms with Gasteiger partial charge in [0.1, 0.15) is 16.5 Å². The number of para-hydroxylation sites is 1. The molecule has 0 spiro atoms. The number of nitrogens with zero attached hydrogens (tertiary/aromatic N) is 1. The fourth-order valence-electron chi connectivity index (χ4n) is 3.01. The number of hydrogen-bond donors (Lipinski definition) is 2. The van der Waals surface area contributed by atoms with Crippen LogP contribution >= 0.6 is 11.6 Å². The highest BCUT2D eigenvalue weighted by molar-refractivity contribution is 6.53. The van der Waals surface area contributed by atoms with Gasteiger partial charge in [0, 0.05) is 16.9 Å². The van der Waals surface area contributed by atoms with E-state index in [-0.39, 0.29) is 16.6 Å². The molecule has 1 aliphatic rings. The van der Waals surface area contributed by atoms with Gasteiger partial charge in [0.05, 0.1) is 5.69 Å². The fraction of sp³-hybridized carbons (Fsp3) is 0. The number of hydrogen-bond acceptors (Lipinski definition) is 4. The molecule has 0 saturated heterocycles. The Kier molecular flexibility index (Phi) is 5.51. The highest BCUT2D eigenvalue weighted by Gasteiger charge is 2.38. The Labute approximate surface area is 181 Å². The van der Waals surface area contributed by atoms with Gasteiger partial charge in [-0.2, -0.15) is 0 Å². The first-order valence-electron chi connectivity index (χ1n) is 9.21. The van der Waals surface area contributed by atoms with Gasteiger partial charge in [-0.05, 0) is 60.7 Å². The Balaban J connectivity index is 1.47. The Morgan fingerprint density at radius 2 is 1.42 bits per heavy atom. The summed E-state index contributed by atoms with van der Waals surface area (Å²) in [5, 5.41) is 5.30. The summed E-state index contributed by atoms with van der Waals surface area (Å²) in [7, 11) is 0. The molecule has 4 rings (SSSR count). The van der Waals surface area contributed by atoms with Gasteiger partial charge in [0.15, 0.2) is 0 Å². The van der Waals surface area contributed by atoms with E-state index in [0.29, 0.717) is 22.6 Å². The highest BCUT2D eigenvalue weighted by Crippen LogP contribution is 2.30. The molecule has 0 atom stereocenters. The summed E-state index contributed by atoms with van der Waals surface area (Å²) >= 11 is 6.12. The second-order valence-electron chi connectivity index (χ2n) is 6.63. The Bertz CT molecular complexity index is 1190. The lowest BCUT2D eigenvalue weighted by Crippen LogP contribution is -2.32. The Morgan fingerprint density at radius 3 is 2.06 bits per heavy atom. The van der Waals surface area contributed by atoms with E-state index in [1.807, 2.05) is 0 Å². The number of benzene rings is 3. The van der Waals surface area contributed by atoms with Crippen LogP contribution in [0.5, 0.6) is 0 Å². The van der Waals surface area contributed by atoms with E-state index in [1.54, 1.807) is 54.6 Å². The SMILES string of the molecule is O=C(Nc1ccc(F)cc1)c1ccc(NC2=C(Cl)C(=O)N(c3ccccc3)C2=O)cc1. The maximum absolute atomic E-state index is 13.0. The van der Waals surface area contributed by atoms with E-state index in [9.17, 15) is 18.8 Å². The van der Waals surface area contributed by atoms with Crippen molar-refractivity contribution >= 4 is 46.4 Å². The minimum absolute atomic E-state index is 0.0426. The number of halogens is 2. The van der Waals surface area contributed by atoms with Crippen LogP contribution in [-0.4, -0.2) is 17.7 Å². The molecule has 31 heavy (non-hydrogen) atoms. The maximum atomic E-state index is 13.0. The molecule has 0 bridgehead atoms. The number of amides is 3. The third-order valence-corrected chi connectivity index (χ3v) is 4.91. The minimum Gasteiger partial charge on any atom is -0.350 e. The minimum atomic E-state index is -0.615. The number of nitrogens with one attached hydrogen (secondary N) is 2. The van der Waals surface area contributed by atoms with Crippen molar-refractivity contribution in [3.8, 4) is 0 Å². The second kappa shape index (κ2) is 8.41. The van der Waals surface area contributed by atoms with E-state index in [1.165, 1.54) is 24.3 Å². The van der Waals surface area contributed by atoms with Crippen molar-refractivity contribution in [3.63, 3.8) is 0 Å². The molecule has 6 nitrogen and oxygen atoms in total. The van der Waals surface area contributed by atoms with Crippen molar-refractivity contribution in [2.45, 2.75) is 0 Å². The van der Waals surface area contributed by atoms with Gasteiger partial charge in [-0.3, -0.25) is 14.4 Å². The first-order chi connectivity index (χ1) is 14.9. The first-order valence-corrected chi connectivity index (χ1v) is 9.59. The van der Waals surface area contributed by atoms with Crippen LogP contribution in [0.15, 0.2) is 89.6 Å². The van der Waals surface area contributed by atoms with Crippen LogP contribution in [0.3, 0.4) is 0 Å². The predicted molar refractivity (Wildman–Crippen MR) is 116 cm³/mol. The van der Waals surface area contributed by atoms with Crippen LogP contribution in [-0.2, 0) is 9.59 Å². The van der Waals surface area contributed by atoms with Crippen LogP contribution < -0.4 is 15.5 Å². The van der Waals surface area contributed by atoms with Crippen molar-refractivity contribution in [3.05, 3.63) is 101 Å². The summed E-state index contributed by atoms with van der Waals surface area (Å²) in [5.41, 5.74) is 1.66. The standard InChI is InChI=1S/C23H15ClFN3O3/c24-19-20(23(31)28(22(19)30)18-4-2-1-3-5-18)26-16-10-6-14(7-11-16)21(29)27-17-12-8-15(25)9-13-17/h1-13,26H,(H,27,29). The van der Waals surface area contributed by atoms with Gasteiger partial charge in [-0.1, -0.05) is 29.8 Å². The molecule has 0 radical (unpaired) electrons. The number of carbonyl (C=O) groups is 3. The molecule has 0 saturated carbocycles. The first kappa shape index (κ1) is 20.3. The lowest BCUT2D eigenvalue weighted by Gasteiger charge is -2.15. The molecule has 3 aromatic carbocycles. The van der Waals surface area contributed by atoms with E-state index in [0.717, 1.165) is 4.90 Å². The van der Waals surface area contributed by atoms with Crippen molar-refractivity contribution in [1.82, 2.24) is 0 Å². The van der Waals surface area contributed by atoms with Gasteiger partial charge >= 0.3 is 0 Å². The zero-order valence-corrected chi connectivity index (χ0v) is 16.7. The molecule has 0 aliphatic carbocycles. The fourth-order valence-corrected chi connectivity index (χ4v) is 3.22. The number of anilines is 3. The van der Waals surface area contributed by atoms with Gasteiger partial charge in [0.25, 0.3) is 17.7 Å². The Morgan fingerprint density at radius 1 is 0.806 bits per heavy atom. The molecular formula is C23H15ClFN3O3. The third kappa shape index (κ3) is 4.17. The molecule has 0 aromatic heterocycles. The van der Waals surface area contributed by atoms with Gasteiger partial charge in [-0.25, -0.2) is 9.29 Å². The lowest BCUT2D eigenvalue weighted by molar-refractivity contribution is -0.120. The van der Waals surface area contributed by atoms with Crippen LogP contribution in [0.1, 0.15) is 10.4 Å². The molecule has 2 N–H and O–H groups in total. The molecule has 0 fully saturated rings. The zero-order valence-electron chi connectivity index (χ0n) is 15.9. The highest BCUT2D eigenvalue weighted by atomic mass is 35.5. The maximum Gasteiger partial charge on any atom is 0.283 e. The summed E-state index contributed by atoms with van der Waals surface area (Å²) in [4.78, 5) is 38.5. The van der Waals surface area contributed by atoms with Gasteiger partial charge < -0.3 is 10.6 Å². The summed E-state index contributed by atoms with van der Waals surface area (Å²) in [6.45, 7) is 0. The van der Waals surface area contributed by atoms with Crippen molar-refractivity contribution in [1.29, 1.82) is 0 Å². The molecule has 154 valence electrons. The summed E-state index contributed by atoms with van der Waals surface area (Å²) in [5.74, 6) is -1.96. The predicted octanol–water partition coefficient (Wildman–Crippen LogP) is 4.51. The molecule has 0 unspecified atom stereocenters. The summed E-state index contributed by atoms with van der Waals surface area (Å²) in [6.07, 6.45) is 0. The van der Waals surface area contributed by atoms with Crippen LogP contribution in [0.25, 0.3) is 0 Å². The van der Waals surface area contributed by atoms with Crippen molar-refractivity contribution in [2.75, 3.05) is 15.5 Å². The average molecular weight is 436 g/mol. The lowest BCUT2D eigenvalue weighted by atomic mass is 10.2. The molecular weight excluding hydrogens is 421 g/mol. The third-order valence-electron chi connectivity index (χ3n) is 4.56. The number of rotatable bonds is 5. The van der Waals surface area contributed by atoms with Gasteiger partial charge in [0.2, 0.25) is 0 Å². The van der Waals surface area contributed by atoms with Crippen LogP contribution in [0, 0.1) is 5.82 Å². The molecule has 3 amide bonds. The largest absolute Gasteiger partial charge is 0.350 e. The van der Waals surface area contributed by atoms with Crippen molar-refractivity contribution in [2.24, 2.45) is 0 Å². The van der Waals surface area contributed by atoms with E-state index >= 15 is 0 Å².